The van der Waals surface area contributed by atoms with E-state index in [1.807, 2.05) is 0 Å². The Morgan fingerprint density at radius 2 is 1.62 bits per heavy atom. The zero-order chi connectivity index (χ0) is 12.7. The van der Waals surface area contributed by atoms with Gasteiger partial charge in [0.25, 0.3) is 0 Å². The number of nitrogens with zero attached hydrogens (tertiary/aromatic N) is 1. The lowest BCUT2D eigenvalue weighted by atomic mass is 9.85. The second kappa shape index (κ2) is 7.66. The van der Waals surface area contributed by atoms with Crippen molar-refractivity contribution in [3.05, 3.63) is 0 Å². The molecule has 0 aromatic rings. The summed E-state index contributed by atoms with van der Waals surface area (Å²) in [5.74, 6) is 2.27. The number of nitrogens with one attached hydrogen (secondary N) is 1. The van der Waals surface area contributed by atoms with Crippen molar-refractivity contribution in [2.75, 3.05) is 27.2 Å². The van der Waals surface area contributed by atoms with Gasteiger partial charge in [0.2, 0.25) is 5.91 Å². The minimum Gasteiger partial charge on any atom is -0.349 e. The first kappa shape index (κ1) is 15.4. The number of amides is 1. The fourth-order valence-electron chi connectivity index (χ4n) is 1.93. The second-order valence-electron chi connectivity index (χ2n) is 5.39. The first-order valence-electron chi connectivity index (χ1n) is 6.27. The monoisotopic (exact) mass is 228 g/mol. The summed E-state index contributed by atoms with van der Waals surface area (Å²) in [4.78, 5) is 13.0. The van der Waals surface area contributed by atoms with Crippen LogP contribution in [-0.2, 0) is 4.79 Å². The van der Waals surface area contributed by atoms with Crippen molar-refractivity contribution < 1.29 is 4.79 Å². The highest BCUT2D eigenvalue weighted by molar-refractivity contribution is 5.75. The molecular formula is C13H28N2O. The van der Waals surface area contributed by atoms with E-state index in [4.69, 9.17) is 0 Å². The average molecular weight is 228 g/mol. The van der Waals surface area contributed by atoms with Gasteiger partial charge >= 0.3 is 0 Å². The summed E-state index contributed by atoms with van der Waals surface area (Å²) in [6.45, 7) is 10.8. The van der Waals surface area contributed by atoms with Gasteiger partial charge < -0.3 is 10.2 Å². The Hall–Kier alpha value is -0.570. The first-order chi connectivity index (χ1) is 7.36. The largest absolute Gasteiger partial charge is 0.349 e. The standard InChI is InChI=1S/C13H28N2O/c1-10(2)12(11(3)4)9-14-8-7-13(16)15(5)6/h10-12,14H,7-9H2,1-6H3. The van der Waals surface area contributed by atoms with Crippen LogP contribution in [0.2, 0.25) is 0 Å². The van der Waals surface area contributed by atoms with Crippen molar-refractivity contribution in [1.82, 2.24) is 10.2 Å². The smallest absolute Gasteiger partial charge is 0.223 e. The molecule has 0 atom stereocenters. The van der Waals surface area contributed by atoms with Gasteiger partial charge in [0.15, 0.2) is 0 Å². The van der Waals surface area contributed by atoms with Crippen molar-refractivity contribution >= 4 is 5.91 Å². The van der Waals surface area contributed by atoms with Crippen LogP contribution >= 0.6 is 0 Å². The molecule has 0 aromatic heterocycles. The number of carbonyl (C=O) groups excluding carboxylic acids is 1. The molecule has 3 nitrogen and oxygen atoms in total. The maximum absolute atomic E-state index is 11.3. The first-order valence-corrected chi connectivity index (χ1v) is 6.27. The van der Waals surface area contributed by atoms with Gasteiger partial charge in [-0.1, -0.05) is 27.7 Å². The predicted molar refractivity (Wildman–Crippen MR) is 69.3 cm³/mol. The molecule has 0 spiro atoms. The lowest BCUT2D eigenvalue weighted by Crippen LogP contribution is -2.32. The molecule has 96 valence electrons. The van der Waals surface area contributed by atoms with E-state index in [0.29, 0.717) is 24.2 Å². The van der Waals surface area contributed by atoms with E-state index in [2.05, 4.69) is 33.0 Å². The Morgan fingerprint density at radius 1 is 1.12 bits per heavy atom. The Balaban J connectivity index is 3.75. The van der Waals surface area contributed by atoms with Crippen LogP contribution in [-0.4, -0.2) is 38.0 Å². The number of rotatable bonds is 7. The van der Waals surface area contributed by atoms with Gasteiger partial charge in [-0.3, -0.25) is 4.79 Å². The molecule has 0 bridgehead atoms. The van der Waals surface area contributed by atoms with Gasteiger partial charge in [0.1, 0.15) is 0 Å². The number of carbonyl (C=O) groups is 1. The Labute approximate surface area is 101 Å². The van der Waals surface area contributed by atoms with Gasteiger partial charge in [-0.05, 0) is 24.3 Å². The van der Waals surface area contributed by atoms with Crippen LogP contribution in [0.3, 0.4) is 0 Å². The molecule has 0 rings (SSSR count). The molecule has 0 fully saturated rings. The fourth-order valence-corrected chi connectivity index (χ4v) is 1.93. The summed E-state index contributed by atoms with van der Waals surface area (Å²) in [5, 5.41) is 3.39. The minimum absolute atomic E-state index is 0.193. The van der Waals surface area contributed by atoms with E-state index in [0.717, 1.165) is 13.1 Å². The molecule has 16 heavy (non-hydrogen) atoms. The predicted octanol–water partition coefficient (Wildman–Crippen LogP) is 1.98. The zero-order valence-electron chi connectivity index (χ0n) is 11.7. The molecule has 0 aromatic carbocycles. The average Bonchev–Trinajstić information content (AvgIpc) is 2.15. The van der Waals surface area contributed by atoms with Crippen molar-refractivity contribution in [2.45, 2.75) is 34.1 Å². The molecule has 0 aliphatic rings. The van der Waals surface area contributed by atoms with Crippen LogP contribution in [0.15, 0.2) is 0 Å². The minimum atomic E-state index is 0.193. The Kier molecular flexibility index (Phi) is 7.39. The summed E-state index contributed by atoms with van der Waals surface area (Å²) in [7, 11) is 3.60. The van der Waals surface area contributed by atoms with Crippen LogP contribution in [0.25, 0.3) is 0 Å². The molecule has 1 N–H and O–H groups in total. The van der Waals surface area contributed by atoms with Crippen LogP contribution in [0, 0.1) is 17.8 Å². The third-order valence-corrected chi connectivity index (χ3v) is 3.11. The molecule has 0 aliphatic heterocycles. The highest BCUT2D eigenvalue weighted by Gasteiger charge is 2.16. The summed E-state index contributed by atoms with van der Waals surface area (Å²) in [6, 6.07) is 0. The van der Waals surface area contributed by atoms with Gasteiger partial charge in [-0.15, -0.1) is 0 Å². The molecule has 0 unspecified atom stereocenters. The number of hydrogen-bond acceptors (Lipinski definition) is 2. The van der Waals surface area contributed by atoms with Gasteiger partial charge in [-0.25, -0.2) is 0 Å². The van der Waals surface area contributed by atoms with Gasteiger partial charge in [0, 0.05) is 27.1 Å². The summed E-state index contributed by atoms with van der Waals surface area (Å²) >= 11 is 0. The summed E-state index contributed by atoms with van der Waals surface area (Å²) < 4.78 is 0. The Bertz CT molecular complexity index is 192. The van der Waals surface area contributed by atoms with E-state index in [1.54, 1.807) is 19.0 Å². The molecule has 1 amide bonds. The van der Waals surface area contributed by atoms with Crippen molar-refractivity contribution in [3.63, 3.8) is 0 Å². The van der Waals surface area contributed by atoms with E-state index >= 15 is 0 Å². The van der Waals surface area contributed by atoms with Gasteiger partial charge in [-0.2, -0.15) is 0 Å². The fraction of sp³-hybridized carbons (Fsp3) is 0.923. The maximum Gasteiger partial charge on any atom is 0.223 e. The van der Waals surface area contributed by atoms with Crippen molar-refractivity contribution in [3.8, 4) is 0 Å². The SMILES string of the molecule is CC(C)C(CNCCC(=O)N(C)C)C(C)C. The van der Waals surface area contributed by atoms with Crippen LogP contribution in [0.4, 0.5) is 0 Å². The van der Waals surface area contributed by atoms with Crippen molar-refractivity contribution in [1.29, 1.82) is 0 Å². The molecule has 0 saturated carbocycles. The van der Waals surface area contributed by atoms with E-state index in [-0.39, 0.29) is 5.91 Å². The van der Waals surface area contributed by atoms with Crippen LogP contribution < -0.4 is 5.32 Å². The number of hydrogen-bond donors (Lipinski definition) is 1. The third kappa shape index (κ3) is 6.11. The lowest BCUT2D eigenvalue weighted by Gasteiger charge is -2.25. The Morgan fingerprint density at radius 3 is 2.00 bits per heavy atom. The zero-order valence-corrected chi connectivity index (χ0v) is 11.7. The highest BCUT2D eigenvalue weighted by Crippen LogP contribution is 2.19. The molecule has 0 radical (unpaired) electrons. The maximum atomic E-state index is 11.3. The molecule has 0 heterocycles. The lowest BCUT2D eigenvalue weighted by molar-refractivity contribution is -0.128. The van der Waals surface area contributed by atoms with Crippen LogP contribution in [0.1, 0.15) is 34.1 Å². The quantitative estimate of drug-likeness (QED) is 0.676. The summed E-state index contributed by atoms with van der Waals surface area (Å²) in [6.07, 6.45) is 0.593. The molecule has 0 saturated heterocycles. The molecule has 3 heteroatoms. The van der Waals surface area contributed by atoms with Crippen LogP contribution in [0.5, 0.6) is 0 Å². The molecule has 0 aliphatic carbocycles. The van der Waals surface area contributed by atoms with Crippen molar-refractivity contribution in [2.24, 2.45) is 17.8 Å². The van der Waals surface area contributed by atoms with E-state index < -0.39 is 0 Å². The summed E-state index contributed by atoms with van der Waals surface area (Å²) in [5.41, 5.74) is 0. The third-order valence-electron chi connectivity index (χ3n) is 3.11. The van der Waals surface area contributed by atoms with E-state index in [1.165, 1.54) is 0 Å². The normalized spacial score (nSPS) is 11.6. The van der Waals surface area contributed by atoms with Gasteiger partial charge in [0.05, 0.1) is 0 Å². The highest BCUT2D eigenvalue weighted by atomic mass is 16.2. The second-order valence-corrected chi connectivity index (χ2v) is 5.39. The topological polar surface area (TPSA) is 32.3 Å². The van der Waals surface area contributed by atoms with E-state index in [9.17, 15) is 4.79 Å². The molecular weight excluding hydrogens is 200 g/mol.